The summed E-state index contributed by atoms with van der Waals surface area (Å²) >= 11 is 0. The minimum atomic E-state index is 0.320. The Hall–Kier alpha value is -0.570. The predicted molar refractivity (Wildman–Crippen MR) is 76.8 cm³/mol. The van der Waals surface area contributed by atoms with Crippen molar-refractivity contribution >= 4 is 5.91 Å². The molecule has 1 spiro atoms. The van der Waals surface area contributed by atoms with E-state index >= 15 is 0 Å². The molecule has 3 heteroatoms. The van der Waals surface area contributed by atoms with E-state index in [0.29, 0.717) is 23.3 Å². The van der Waals surface area contributed by atoms with E-state index in [-0.39, 0.29) is 0 Å². The first kappa shape index (κ1) is 13.4. The first-order valence-corrected chi connectivity index (χ1v) is 8.22. The Bertz CT molecular complexity index is 330. The third-order valence-corrected chi connectivity index (χ3v) is 5.83. The molecule has 1 amide bonds. The maximum absolute atomic E-state index is 12.4. The Balaban J connectivity index is 1.48. The number of amides is 1. The van der Waals surface area contributed by atoms with Gasteiger partial charge in [0.05, 0.1) is 0 Å². The number of hydrogen-bond acceptors (Lipinski definition) is 2. The van der Waals surface area contributed by atoms with Crippen molar-refractivity contribution in [3.05, 3.63) is 0 Å². The van der Waals surface area contributed by atoms with Gasteiger partial charge in [-0.05, 0) is 63.5 Å². The van der Waals surface area contributed by atoms with Gasteiger partial charge in [-0.25, -0.2) is 0 Å². The van der Waals surface area contributed by atoms with Gasteiger partial charge in [-0.2, -0.15) is 0 Å². The zero-order valence-corrected chi connectivity index (χ0v) is 12.2. The Kier molecular flexibility index (Phi) is 3.84. The number of piperidine rings is 1. The van der Waals surface area contributed by atoms with E-state index in [4.69, 9.17) is 0 Å². The Morgan fingerprint density at radius 1 is 1.21 bits per heavy atom. The molecule has 0 bridgehead atoms. The van der Waals surface area contributed by atoms with Crippen LogP contribution in [0, 0.1) is 17.3 Å². The molecule has 1 saturated heterocycles. The molecule has 108 valence electrons. The van der Waals surface area contributed by atoms with Crippen molar-refractivity contribution in [1.82, 2.24) is 10.6 Å². The van der Waals surface area contributed by atoms with Crippen LogP contribution in [-0.4, -0.2) is 25.0 Å². The van der Waals surface area contributed by atoms with Crippen LogP contribution in [0.15, 0.2) is 0 Å². The van der Waals surface area contributed by atoms with Gasteiger partial charge in [-0.15, -0.1) is 0 Å². The van der Waals surface area contributed by atoms with Crippen molar-refractivity contribution in [2.45, 2.75) is 64.3 Å². The molecule has 2 aliphatic carbocycles. The second kappa shape index (κ2) is 5.43. The number of rotatable bonds is 3. The van der Waals surface area contributed by atoms with Crippen LogP contribution in [0.5, 0.6) is 0 Å². The van der Waals surface area contributed by atoms with E-state index in [1.54, 1.807) is 0 Å². The molecule has 0 aromatic carbocycles. The van der Waals surface area contributed by atoms with E-state index in [1.165, 1.54) is 44.9 Å². The van der Waals surface area contributed by atoms with Gasteiger partial charge in [-0.3, -0.25) is 4.79 Å². The highest BCUT2D eigenvalue weighted by Crippen LogP contribution is 2.58. The zero-order chi connectivity index (χ0) is 13.3. The molecule has 1 heterocycles. The summed E-state index contributed by atoms with van der Waals surface area (Å²) in [5, 5.41) is 6.72. The molecule has 19 heavy (non-hydrogen) atoms. The van der Waals surface area contributed by atoms with Crippen LogP contribution in [-0.2, 0) is 4.79 Å². The standard InChI is InChI=1S/C16H28N2O/c1-12(13-5-3-2-4-6-13)18-15(19)14-11-16(14)7-9-17-10-8-16/h12-14,17H,2-11H2,1H3,(H,18,19)/t12-,14?/m1/s1. The number of carbonyl (C=O) groups excluding carboxylic acids is 1. The van der Waals surface area contributed by atoms with Gasteiger partial charge < -0.3 is 10.6 Å². The van der Waals surface area contributed by atoms with Gasteiger partial charge in [0.2, 0.25) is 5.91 Å². The highest BCUT2D eigenvalue weighted by atomic mass is 16.2. The number of nitrogens with one attached hydrogen (secondary N) is 2. The summed E-state index contributed by atoms with van der Waals surface area (Å²) < 4.78 is 0. The fraction of sp³-hybridized carbons (Fsp3) is 0.938. The van der Waals surface area contributed by atoms with Gasteiger partial charge in [0.25, 0.3) is 0 Å². The summed E-state index contributed by atoms with van der Waals surface area (Å²) in [7, 11) is 0. The van der Waals surface area contributed by atoms with E-state index in [1.807, 2.05) is 0 Å². The average Bonchev–Trinajstić information content (AvgIpc) is 3.14. The van der Waals surface area contributed by atoms with E-state index < -0.39 is 0 Å². The van der Waals surface area contributed by atoms with E-state index in [2.05, 4.69) is 17.6 Å². The second-order valence-corrected chi connectivity index (χ2v) is 7.06. The second-order valence-electron chi connectivity index (χ2n) is 7.06. The summed E-state index contributed by atoms with van der Waals surface area (Å²) in [5.41, 5.74) is 0.377. The van der Waals surface area contributed by atoms with Gasteiger partial charge in [0.1, 0.15) is 0 Å². The summed E-state index contributed by atoms with van der Waals surface area (Å²) in [5.74, 6) is 1.39. The molecule has 3 nitrogen and oxygen atoms in total. The van der Waals surface area contributed by atoms with Crippen molar-refractivity contribution in [2.24, 2.45) is 17.3 Å². The number of carbonyl (C=O) groups is 1. The summed E-state index contributed by atoms with van der Waals surface area (Å²) in [6, 6.07) is 0.382. The molecule has 2 saturated carbocycles. The van der Waals surface area contributed by atoms with Crippen LogP contribution in [0.3, 0.4) is 0 Å². The fourth-order valence-corrected chi connectivity index (χ4v) is 4.27. The van der Waals surface area contributed by atoms with Crippen LogP contribution >= 0.6 is 0 Å². The molecule has 0 aromatic rings. The van der Waals surface area contributed by atoms with Crippen LogP contribution in [0.25, 0.3) is 0 Å². The quantitative estimate of drug-likeness (QED) is 0.822. The summed E-state index contributed by atoms with van der Waals surface area (Å²) in [4.78, 5) is 12.4. The highest BCUT2D eigenvalue weighted by molar-refractivity contribution is 5.82. The molecule has 3 aliphatic rings. The normalized spacial score (nSPS) is 31.9. The smallest absolute Gasteiger partial charge is 0.223 e. The third kappa shape index (κ3) is 2.81. The molecule has 1 aliphatic heterocycles. The van der Waals surface area contributed by atoms with Gasteiger partial charge in [-0.1, -0.05) is 19.3 Å². The van der Waals surface area contributed by atoms with E-state index in [9.17, 15) is 4.79 Å². The Labute approximate surface area is 116 Å². The van der Waals surface area contributed by atoms with Gasteiger partial charge in [0.15, 0.2) is 0 Å². The van der Waals surface area contributed by atoms with Crippen molar-refractivity contribution in [2.75, 3.05) is 13.1 Å². The SMILES string of the molecule is C[C@@H](NC(=O)C1CC12CCNCC2)C1CCCCC1. The van der Waals surface area contributed by atoms with Gasteiger partial charge in [0, 0.05) is 12.0 Å². The van der Waals surface area contributed by atoms with Crippen LogP contribution in [0.2, 0.25) is 0 Å². The monoisotopic (exact) mass is 264 g/mol. The van der Waals surface area contributed by atoms with Crippen LogP contribution in [0.4, 0.5) is 0 Å². The maximum Gasteiger partial charge on any atom is 0.223 e. The van der Waals surface area contributed by atoms with Crippen molar-refractivity contribution in [1.29, 1.82) is 0 Å². The summed E-state index contributed by atoms with van der Waals surface area (Å²) in [6.07, 6.45) is 10.2. The molecule has 3 rings (SSSR count). The lowest BCUT2D eigenvalue weighted by atomic mass is 9.84. The largest absolute Gasteiger partial charge is 0.353 e. The predicted octanol–water partition coefficient (Wildman–Crippen LogP) is 2.46. The molecule has 0 radical (unpaired) electrons. The Morgan fingerprint density at radius 3 is 2.58 bits per heavy atom. The van der Waals surface area contributed by atoms with Crippen molar-refractivity contribution in [3.63, 3.8) is 0 Å². The molecular weight excluding hydrogens is 236 g/mol. The van der Waals surface area contributed by atoms with Gasteiger partial charge >= 0.3 is 0 Å². The molecule has 3 fully saturated rings. The lowest BCUT2D eigenvalue weighted by Crippen LogP contribution is -2.41. The molecule has 1 unspecified atom stereocenters. The lowest BCUT2D eigenvalue weighted by molar-refractivity contribution is -0.124. The van der Waals surface area contributed by atoms with E-state index in [0.717, 1.165) is 25.4 Å². The Morgan fingerprint density at radius 2 is 1.89 bits per heavy atom. The van der Waals surface area contributed by atoms with Crippen molar-refractivity contribution in [3.8, 4) is 0 Å². The molecular formula is C16H28N2O. The minimum absolute atomic E-state index is 0.320. The maximum atomic E-state index is 12.4. The molecule has 0 aromatic heterocycles. The average molecular weight is 264 g/mol. The summed E-state index contributed by atoms with van der Waals surface area (Å²) in [6.45, 7) is 4.41. The molecule has 2 N–H and O–H groups in total. The number of hydrogen-bond donors (Lipinski definition) is 2. The lowest BCUT2D eigenvalue weighted by Gasteiger charge is -2.29. The minimum Gasteiger partial charge on any atom is -0.353 e. The van der Waals surface area contributed by atoms with Crippen LogP contribution in [0.1, 0.15) is 58.3 Å². The first-order chi connectivity index (χ1) is 9.21. The van der Waals surface area contributed by atoms with Crippen molar-refractivity contribution < 1.29 is 4.79 Å². The topological polar surface area (TPSA) is 41.1 Å². The highest BCUT2D eigenvalue weighted by Gasteiger charge is 2.57. The van der Waals surface area contributed by atoms with Crippen LogP contribution < -0.4 is 10.6 Å². The third-order valence-electron chi connectivity index (χ3n) is 5.83. The molecule has 2 atom stereocenters. The fourth-order valence-electron chi connectivity index (χ4n) is 4.27. The first-order valence-electron chi connectivity index (χ1n) is 8.22. The zero-order valence-electron chi connectivity index (χ0n) is 12.2.